The van der Waals surface area contributed by atoms with Crippen LogP contribution >= 0.6 is 11.8 Å². The molecule has 4 aromatic rings. The highest BCUT2D eigenvalue weighted by Crippen LogP contribution is 2.33. The Labute approximate surface area is 242 Å². The number of halogens is 3. The van der Waals surface area contributed by atoms with Crippen LogP contribution in [0.1, 0.15) is 29.8 Å². The topological polar surface area (TPSA) is 113 Å². The summed E-state index contributed by atoms with van der Waals surface area (Å²) >= 11 is 0.835. The lowest BCUT2D eigenvalue weighted by molar-refractivity contribution is -0.141. The lowest BCUT2D eigenvalue weighted by Gasteiger charge is -2.32. The number of anilines is 1. The van der Waals surface area contributed by atoms with Crippen LogP contribution in [0.5, 0.6) is 0 Å². The predicted molar refractivity (Wildman–Crippen MR) is 152 cm³/mol. The van der Waals surface area contributed by atoms with Crippen LogP contribution in [0, 0.1) is 5.92 Å². The summed E-state index contributed by atoms with van der Waals surface area (Å²) in [5.41, 5.74) is 0.780. The predicted octanol–water partition coefficient (Wildman–Crippen LogP) is 5.63. The second-order valence-corrected chi connectivity index (χ2v) is 11.1. The third-order valence-corrected chi connectivity index (χ3v) is 7.91. The van der Waals surface area contributed by atoms with Gasteiger partial charge in [0.05, 0.1) is 10.6 Å². The molecule has 216 valence electrons. The minimum Gasteiger partial charge on any atom is -0.454 e. The van der Waals surface area contributed by atoms with Crippen LogP contribution in [0.15, 0.2) is 64.1 Å². The van der Waals surface area contributed by atoms with Crippen LogP contribution < -0.4 is 15.5 Å². The Balaban J connectivity index is 1.07. The molecule has 9 nitrogen and oxygen atoms in total. The number of fused-ring (bicyclic) bond motifs is 1. The van der Waals surface area contributed by atoms with Gasteiger partial charge in [0.15, 0.2) is 5.76 Å². The maximum Gasteiger partial charge on any atom is 0.433 e. The molecule has 0 atom stereocenters. The average Bonchev–Trinajstić information content (AvgIpc) is 3.55. The number of aromatic nitrogens is 3. The van der Waals surface area contributed by atoms with Crippen LogP contribution in [0.3, 0.4) is 0 Å². The fourth-order valence-corrected chi connectivity index (χ4v) is 5.64. The van der Waals surface area contributed by atoms with Gasteiger partial charge in [-0.25, -0.2) is 15.0 Å². The maximum absolute atomic E-state index is 13.7. The third-order valence-electron chi connectivity index (χ3n) is 7.10. The van der Waals surface area contributed by atoms with E-state index in [0.717, 1.165) is 36.1 Å². The van der Waals surface area contributed by atoms with Crippen LogP contribution in [0.2, 0.25) is 0 Å². The summed E-state index contributed by atoms with van der Waals surface area (Å²) in [5, 5.41) is 5.92. The van der Waals surface area contributed by atoms with E-state index in [-0.39, 0.29) is 22.9 Å². The molecule has 0 aliphatic carbocycles. The quantitative estimate of drug-likeness (QED) is 0.263. The number of furan rings is 1. The zero-order chi connectivity index (χ0) is 29.3. The Morgan fingerprint density at radius 3 is 2.64 bits per heavy atom. The normalized spacial score (nSPS) is 17.4. The number of hydrogen-bond acceptors (Lipinski definition) is 9. The number of para-hydroxylation sites is 1. The van der Waals surface area contributed by atoms with Crippen molar-refractivity contribution in [3.63, 3.8) is 0 Å². The zero-order valence-electron chi connectivity index (χ0n) is 22.1. The number of thioether (sulfide) groups is 1. The number of carbonyl (C=O) groups excluding carboxylic acids is 2. The molecule has 3 aromatic heterocycles. The highest BCUT2D eigenvalue weighted by molar-refractivity contribution is 8.18. The Kier molecular flexibility index (Phi) is 7.69. The third kappa shape index (κ3) is 6.31. The van der Waals surface area contributed by atoms with Crippen LogP contribution in [-0.2, 0) is 17.5 Å². The van der Waals surface area contributed by atoms with Gasteiger partial charge in [0.1, 0.15) is 17.0 Å². The Morgan fingerprint density at radius 1 is 1.10 bits per heavy atom. The van der Waals surface area contributed by atoms with Crippen molar-refractivity contribution in [3.05, 3.63) is 76.6 Å². The number of amides is 2. The van der Waals surface area contributed by atoms with Gasteiger partial charge in [0.25, 0.3) is 11.1 Å². The minimum atomic E-state index is -4.58. The summed E-state index contributed by atoms with van der Waals surface area (Å²) < 4.78 is 46.7. The summed E-state index contributed by atoms with van der Waals surface area (Å²) in [5.74, 6) is 0.720. The summed E-state index contributed by atoms with van der Waals surface area (Å²) in [6.07, 6.45) is 0.297. The van der Waals surface area contributed by atoms with Crippen molar-refractivity contribution in [2.45, 2.75) is 25.6 Å². The zero-order valence-corrected chi connectivity index (χ0v) is 23.0. The van der Waals surface area contributed by atoms with Gasteiger partial charge >= 0.3 is 6.18 Å². The first-order chi connectivity index (χ1) is 20.2. The van der Waals surface area contributed by atoms with Crippen molar-refractivity contribution in [2.24, 2.45) is 5.92 Å². The number of hydrogen-bond donors (Lipinski definition) is 2. The molecule has 42 heavy (non-hydrogen) atoms. The summed E-state index contributed by atoms with van der Waals surface area (Å²) in [6, 6.07) is 13.3. The monoisotopic (exact) mass is 594 g/mol. The van der Waals surface area contributed by atoms with Crippen LogP contribution in [0.25, 0.3) is 28.5 Å². The largest absolute Gasteiger partial charge is 0.454 e. The van der Waals surface area contributed by atoms with Crippen LogP contribution in [0.4, 0.5) is 23.9 Å². The van der Waals surface area contributed by atoms with E-state index in [1.807, 2.05) is 12.1 Å². The molecule has 2 aliphatic heterocycles. The first-order valence-corrected chi connectivity index (χ1v) is 14.1. The van der Waals surface area contributed by atoms with E-state index in [2.05, 4.69) is 30.5 Å². The molecule has 0 saturated carbocycles. The number of imide groups is 1. The molecule has 2 aliphatic rings. The van der Waals surface area contributed by atoms with Gasteiger partial charge in [-0.2, -0.15) is 13.2 Å². The maximum atomic E-state index is 13.7. The van der Waals surface area contributed by atoms with E-state index >= 15 is 0 Å². The van der Waals surface area contributed by atoms with E-state index in [9.17, 15) is 22.8 Å². The molecule has 5 heterocycles. The molecule has 13 heteroatoms. The van der Waals surface area contributed by atoms with Gasteiger partial charge in [-0.15, -0.1) is 0 Å². The number of piperidine rings is 1. The molecule has 2 N–H and O–H groups in total. The molecule has 0 spiro atoms. The van der Waals surface area contributed by atoms with E-state index in [0.29, 0.717) is 48.3 Å². The SMILES string of the molecule is O=C1NC(=O)/C(=C/c2ccnc(N3CCC(CNCc4cc(-c5cc6ccccc6o5)nc(C(F)(F)F)c4)CC3)n2)S1. The van der Waals surface area contributed by atoms with Crippen LogP contribution in [-0.4, -0.2) is 45.7 Å². The highest BCUT2D eigenvalue weighted by atomic mass is 32.2. The molecule has 2 amide bonds. The molecule has 0 radical (unpaired) electrons. The van der Waals surface area contributed by atoms with Gasteiger partial charge in [-0.05, 0) is 79.0 Å². The number of carbonyl (C=O) groups is 2. The number of benzene rings is 1. The van der Waals surface area contributed by atoms with Gasteiger partial charge in [0.2, 0.25) is 5.95 Å². The Bertz CT molecular complexity index is 1650. The van der Waals surface area contributed by atoms with Crippen molar-refractivity contribution < 1.29 is 27.2 Å². The molecule has 1 aromatic carbocycles. The number of rotatable bonds is 7. The van der Waals surface area contributed by atoms with Crippen molar-refractivity contribution in [2.75, 3.05) is 24.5 Å². The second kappa shape index (κ2) is 11.6. The lowest BCUT2D eigenvalue weighted by atomic mass is 9.97. The van der Waals surface area contributed by atoms with E-state index in [1.165, 1.54) is 0 Å². The standard InChI is InChI=1S/C29H25F3N6O3S/c30-29(31,32)25-12-18(11-21(36-25)23-13-19-3-1-2-4-22(19)41-23)16-33-15-17-6-9-38(10-7-17)27-34-8-5-20(35-27)14-24-26(39)37-28(40)42-24/h1-5,8,11-14,17,33H,6-7,9-10,15-16H2,(H,37,39,40)/b24-14-. The second-order valence-electron chi connectivity index (χ2n) is 10.1. The average molecular weight is 595 g/mol. The fraction of sp³-hybridized carbons (Fsp3) is 0.276. The molecular weight excluding hydrogens is 569 g/mol. The molecule has 0 bridgehead atoms. The summed E-state index contributed by atoms with van der Waals surface area (Å²) in [7, 11) is 0. The first kappa shape index (κ1) is 27.9. The molecular formula is C29H25F3N6O3S. The van der Waals surface area contributed by atoms with Crippen molar-refractivity contribution in [3.8, 4) is 11.5 Å². The van der Waals surface area contributed by atoms with E-state index < -0.39 is 23.0 Å². The van der Waals surface area contributed by atoms with E-state index in [1.54, 1.807) is 42.6 Å². The molecule has 2 saturated heterocycles. The van der Waals surface area contributed by atoms with Crippen molar-refractivity contribution in [1.82, 2.24) is 25.6 Å². The van der Waals surface area contributed by atoms with Gasteiger partial charge in [0, 0.05) is 31.2 Å². The van der Waals surface area contributed by atoms with E-state index in [4.69, 9.17) is 4.42 Å². The summed E-state index contributed by atoms with van der Waals surface area (Å²) in [6.45, 7) is 2.32. The molecule has 0 unspecified atom stereocenters. The van der Waals surface area contributed by atoms with Gasteiger partial charge in [-0.1, -0.05) is 18.2 Å². The molecule has 2 fully saturated rings. The first-order valence-electron chi connectivity index (χ1n) is 13.3. The number of nitrogens with zero attached hydrogens (tertiary/aromatic N) is 4. The summed E-state index contributed by atoms with van der Waals surface area (Å²) in [4.78, 5) is 38.3. The smallest absolute Gasteiger partial charge is 0.433 e. The number of nitrogens with one attached hydrogen (secondary N) is 2. The number of alkyl halides is 3. The number of pyridine rings is 1. The van der Waals surface area contributed by atoms with Crippen molar-refractivity contribution >= 4 is 45.9 Å². The van der Waals surface area contributed by atoms with Gasteiger partial charge < -0.3 is 14.6 Å². The Hall–Kier alpha value is -4.23. The fourth-order valence-electron chi connectivity index (χ4n) is 4.98. The van der Waals surface area contributed by atoms with Gasteiger partial charge in [-0.3, -0.25) is 14.9 Å². The highest BCUT2D eigenvalue weighted by Gasteiger charge is 2.33. The Morgan fingerprint density at radius 2 is 1.90 bits per heavy atom. The van der Waals surface area contributed by atoms with Crippen molar-refractivity contribution in [1.29, 1.82) is 0 Å². The minimum absolute atomic E-state index is 0.141. The molecule has 6 rings (SSSR count). The lowest BCUT2D eigenvalue weighted by Crippen LogP contribution is -2.38.